The fraction of sp³-hybridized carbons (Fsp3) is 0.286. The van der Waals surface area contributed by atoms with Gasteiger partial charge in [0.05, 0.1) is 0 Å². The van der Waals surface area contributed by atoms with Crippen molar-refractivity contribution in [1.29, 1.82) is 0 Å². The van der Waals surface area contributed by atoms with E-state index in [1.54, 1.807) is 37.4 Å². The molecule has 1 amide bonds. The number of hydrogen-bond acceptors (Lipinski definition) is 9. The predicted molar refractivity (Wildman–Crippen MR) is 149 cm³/mol. The molecular weight excluding hydrogens is 503 g/mol. The summed E-state index contributed by atoms with van der Waals surface area (Å²) in [6.07, 6.45) is 2.23. The van der Waals surface area contributed by atoms with Gasteiger partial charge >= 0.3 is 5.97 Å². The van der Waals surface area contributed by atoms with Crippen molar-refractivity contribution in [2.24, 2.45) is 11.7 Å². The molecule has 0 bridgehead atoms. The van der Waals surface area contributed by atoms with E-state index in [4.69, 9.17) is 15.2 Å². The first-order chi connectivity index (χ1) is 18.5. The van der Waals surface area contributed by atoms with Crippen LogP contribution < -0.4 is 26.4 Å². The molecule has 10 nitrogen and oxygen atoms in total. The van der Waals surface area contributed by atoms with Gasteiger partial charge in [-0.25, -0.2) is 9.37 Å². The van der Waals surface area contributed by atoms with Gasteiger partial charge in [0.1, 0.15) is 24.6 Å². The molecule has 3 aromatic rings. The van der Waals surface area contributed by atoms with Crippen LogP contribution in [0, 0.1) is 18.7 Å². The van der Waals surface area contributed by atoms with Crippen molar-refractivity contribution < 1.29 is 23.5 Å². The molecule has 0 saturated heterocycles. The molecule has 2 aromatic carbocycles. The van der Waals surface area contributed by atoms with Gasteiger partial charge < -0.3 is 31.2 Å². The zero-order valence-corrected chi connectivity index (χ0v) is 22.3. The van der Waals surface area contributed by atoms with E-state index in [1.165, 1.54) is 18.2 Å². The van der Waals surface area contributed by atoms with Crippen molar-refractivity contribution in [3.8, 4) is 5.75 Å². The van der Waals surface area contributed by atoms with E-state index in [9.17, 15) is 14.0 Å². The van der Waals surface area contributed by atoms with E-state index >= 15 is 0 Å². The molecule has 206 valence electrons. The number of aryl methyl sites for hydroxylation is 1. The number of nitrogens with one attached hydrogen (secondary N) is 3. The normalized spacial score (nSPS) is 12.3. The molecule has 0 fully saturated rings. The maximum absolute atomic E-state index is 14.7. The molecule has 1 heterocycles. The van der Waals surface area contributed by atoms with Crippen LogP contribution in [0.2, 0.25) is 0 Å². The van der Waals surface area contributed by atoms with E-state index in [-0.39, 0.29) is 30.1 Å². The Kier molecular flexibility index (Phi) is 9.93. The minimum Gasteiger partial charge on any atom is -0.484 e. The van der Waals surface area contributed by atoms with Crippen molar-refractivity contribution in [2.45, 2.75) is 39.8 Å². The molecule has 0 aliphatic rings. The summed E-state index contributed by atoms with van der Waals surface area (Å²) in [5.74, 6) is -0.730. The molecule has 5 N–H and O–H groups in total. The minimum atomic E-state index is -0.728. The standard InChI is InChI=1S/C28H33FN6O4/c1-6-24(36)32-19-8-7-9-20(12-19)33-26-17(4)14-31-28(35-26)34-21-10-11-23(22(29)13-21)39-18(5)15-38-27(37)25(30)16(2)3/h6-14,16,18,25H,1,15,30H2,2-5H3,(H,32,36)(H2,31,33,34,35). The quantitative estimate of drug-likeness (QED) is 0.189. The molecule has 2 atom stereocenters. The monoisotopic (exact) mass is 536 g/mol. The van der Waals surface area contributed by atoms with Gasteiger partial charge in [0, 0.05) is 34.9 Å². The molecule has 0 aliphatic heterocycles. The fourth-order valence-corrected chi connectivity index (χ4v) is 3.26. The van der Waals surface area contributed by atoms with Crippen molar-refractivity contribution in [3.63, 3.8) is 0 Å². The minimum absolute atomic E-state index is 0.00728. The number of amides is 1. The third kappa shape index (κ3) is 8.50. The highest BCUT2D eigenvalue weighted by atomic mass is 19.1. The molecule has 0 radical (unpaired) electrons. The Morgan fingerprint density at radius 2 is 1.82 bits per heavy atom. The van der Waals surface area contributed by atoms with Crippen LogP contribution in [-0.4, -0.2) is 40.6 Å². The van der Waals surface area contributed by atoms with Crippen molar-refractivity contribution >= 4 is 40.7 Å². The number of halogens is 1. The third-order valence-electron chi connectivity index (χ3n) is 5.52. The molecule has 0 spiro atoms. The van der Waals surface area contributed by atoms with Crippen molar-refractivity contribution in [1.82, 2.24) is 9.97 Å². The summed E-state index contributed by atoms with van der Waals surface area (Å²) in [7, 11) is 0. The van der Waals surface area contributed by atoms with Gasteiger partial charge in [-0.2, -0.15) is 4.98 Å². The Balaban J connectivity index is 1.63. The van der Waals surface area contributed by atoms with Gasteiger partial charge in [-0.05, 0) is 56.2 Å². The number of ether oxygens (including phenoxy) is 2. The average molecular weight is 537 g/mol. The van der Waals surface area contributed by atoms with E-state index in [1.807, 2.05) is 26.8 Å². The lowest BCUT2D eigenvalue weighted by molar-refractivity contribution is -0.148. The van der Waals surface area contributed by atoms with Crippen molar-refractivity contribution in [3.05, 3.63) is 72.7 Å². The number of esters is 1. The summed E-state index contributed by atoms with van der Waals surface area (Å²) in [4.78, 5) is 32.3. The van der Waals surface area contributed by atoms with Gasteiger partial charge in [-0.3, -0.25) is 9.59 Å². The van der Waals surface area contributed by atoms with Gasteiger partial charge in [-0.15, -0.1) is 0 Å². The van der Waals surface area contributed by atoms with Crippen LogP contribution in [0.4, 0.5) is 33.2 Å². The Labute approximate surface area is 226 Å². The first-order valence-electron chi connectivity index (χ1n) is 12.3. The molecule has 1 aromatic heterocycles. The largest absolute Gasteiger partial charge is 0.484 e. The van der Waals surface area contributed by atoms with E-state index in [2.05, 4.69) is 32.5 Å². The molecule has 2 unspecified atom stereocenters. The van der Waals surface area contributed by atoms with Gasteiger partial charge in [0.15, 0.2) is 11.6 Å². The molecule has 11 heteroatoms. The topological polar surface area (TPSA) is 140 Å². The number of anilines is 5. The maximum atomic E-state index is 14.7. The van der Waals surface area contributed by atoms with Gasteiger partial charge in [0.2, 0.25) is 11.9 Å². The SMILES string of the molecule is C=CC(=O)Nc1cccc(Nc2nc(Nc3ccc(OC(C)COC(=O)C(N)C(C)C)c(F)c3)ncc2C)c1. The molecule has 3 rings (SSSR count). The summed E-state index contributed by atoms with van der Waals surface area (Å²) in [5, 5.41) is 8.88. The van der Waals surface area contributed by atoms with Crippen LogP contribution >= 0.6 is 0 Å². The highest BCUT2D eigenvalue weighted by molar-refractivity contribution is 5.99. The number of nitrogens with two attached hydrogens (primary N) is 1. The summed E-state index contributed by atoms with van der Waals surface area (Å²) < 4.78 is 25.5. The number of benzene rings is 2. The van der Waals surface area contributed by atoms with E-state index in [0.717, 1.165) is 5.56 Å². The second-order valence-electron chi connectivity index (χ2n) is 9.22. The zero-order chi connectivity index (χ0) is 28.5. The van der Waals surface area contributed by atoms with Gasteiger partial charge in [-0.1, -0.05) is 26.5 Å². The average Bonchev–Trinajstić information content (AvgIpc) is 2.90. The Hall–Kier alpha value is -4.51. The lowest BCUT2D eigenvalue weighted by Crippen LogP contribution is -2.38. The maximum Gasteiger partial charge on any atom is 0.323 e. The number of aromatic nitrogens is 2. The molecule has 0 aliphatic carbocycles. The lowest BCUT2D eigenvalue weighted by atomic mass is 10.1. The first kappa shape index (κ1) is 29.1. The summed E-state index contributed by atoms with van der Waals surface area (Å²) in [6.45, 7) is 10.5. The second-order valence-corrected chi connectivity index (χ2v) is 9.22. The second kappa shape index (κ2) is 13.3. The first-order valence-corrected chi connectivity index (χ1v) is 12.3. The fourth-order valence-electron chi connectivity index (χ4n) is 3.26. The summed E-state index contributed by atoms with van der Waals surface area (Å²) in [5.41, 5.74) is 8.25. The highest BCUT2D eigenvalue weighted by Crippen LogP contribution is 2.26. The molecule has 0 saturated carbocycles. The summed E-state index contributed by atoms with van der Waals surface area (Å²) >= 11 is 0. The Morgan fingerprint density at radius 3 is 2.51 bits per heavy atom. The van der Waals surface area contributed by atoms with Crippen LogP contribution in [0.1, 0.15) is 26.3 Å². The highest BCUT2D eigenvalue weighted by Gasteiger charge is 2.20. The molecule has 39 heavy (non-hydrogen) atoms. The van der Waals surface area contributed by atoms with Crippen LogP contribution in [0.3, 0.4) is 0 Å². The number of nitrogens with zero attached hydrogens (tertiary/aromatic N) is 2. The Bertz CT molecular complexity index is 1330. The lowest BCUT2D eigenvalue weighted by Gasteiger charge is -2.19. The van der Waals surface area contributed by atoms with Crippen LogP contribution in [-0.2, 0) is 14.3 Å². The predicted octanol–water partition coefficient (Wildman–Crippen LogP) is 4.83. The Morgan fingerprint density at radius 1 is 1.10 bits per heavy atom. The van der Waals surface area contributed by atoms with Crippen LogP contribution in [0.25, 0.3) is 0 Å². The zero-order valence-electron chi connectivity index (χ0n) is 22.3. The number of rotatable bonds is 12. The van der Waals surface area contributed by atoms with E-state index < -0.39 is 23.9 Å². The third-order valence-corrected chi connectivity index (χ3v) is 5.52. The molecular formula is C28H33FN6O4. The smallest absolute Gasteiger partial charge is 0.323 e. The summed E-state index contributed by atoms with van der Waals surface area (Å²) in [6, 6.07) is 10.7. The number of carbonyl (C=O) groups excluding carboxylic acids is 2. The van der Waals surface area contributed by atoms with Gasteiger partial charge in [0.25, 0.3) is 0 Å². The van der Waals surface area contributed by atoms with Crippen LogP contribution in [0.15, 0.2) is 61.3 Å². The number of hydrogen-bond donors (Lipinski definition) is 4. The number of carbonyl (C=O) groups is 2. The van der Waals surface area contributed by atoms with Crippen molar-refractivity contribution in [2.75, 3.05) is 22.6 Å². The van der Waals surface area contributed by atoms with E-state index in [0.29, 0.717) is 22.9 Å². The van der Waals surface area contributed by atoms with Crippen LogP contribution in [0.5, 0.6) is 5.75 Å².